The van der Waals surface area contributed by atoms with E-state index in [4.69, 9.17) is 14.2 Å². The van der Waals surface area contributed by atoms with Crippen LogP contribution in [0.4, 0.5) is 0 Å². The van der Waals surface area contributed by atoms with Crippen LogP contribution < -0.4 is 14.8 Å². The van der Waals surface area contributed by atoms with Crippen LogP contribution >= 0.6 is 0 Å². The number of amides is 1. The zero-order valence-electron chi connectivity index (χ0n) is 15.0. The SMILES string of the molecule is COCC(C)NC(=O)CN1CCCC1c1cc(OC)ccc1OC. The molecule has 0 radical (unpaired) electrons. The molecule has 24 heavy (non-hydrogen) atoms. The largest absolute Gasteiger partial charge is 0.497 e. The maximum absolute atomic E-state index is 12.3. The summed E-state index contributed by atoms with van der Waals surface area (Å²) >= 11 is 0. The first-order valence-corrected chi connectivity index (χ1v) is 8.33. The summed E-state index contributed by atoms with van der Waals surface area (Å²) in [4.78, 5) is 14.5. The highest BCUT2D eigenvalue weighted by molar-refractivity contribution is 5.78. The van der Waals surface area contributed by atoms with Gasteiger partial charge in [0.1, 0.15) is 11.5 Å². The van der Waals surface area contributed by atoms with Crippen LogP contribution in [0.15, 0.2) is 18.2 Å². The van der Waals surface area contributed by atoms with Crippen LogP contribution in [0.1, 0.15) is 31.4 Å². The molecular weight excluding hydrogens is 308 g/mol. The van der Waals surface area contributed by atoms with Gasteiger partial charge < -0.3 is 19.5 Å². The van der Waals surface area contributed by atoms with E-state index in [1.54, 1.807) is 21.3 Å². The molecule has 0 spiro atoms. The molecule has 1 aliphatic heterocycles. The van der Waals surface area contributed by atoms with E-state index in [2.05, 4.69) is 10.2 Å². The van der Waals surface area contributed by atoms with Crippen LogP contribution in [0.3, 0.4) is 0 Å². The summed E-state index contributed by atoms with van der Waals surface area (Å²) in [6.45, 7) is 3.73. The number of hydrogen-bond donors (Lipinski definition) is 1. The fourth-order valence-electron chi connectivity index (χ4n) is 3.26. The first-order valence-electron chi connectivity index (χ1n) is 8.33. The second kappa shape index (κ2) is 8.89. The minimum atomic E-state index is 0.00917. The Kier molecular flexibility index (Phi) is 6.87. The maximum Gasteiger partial charge on any atom is 0.234 e. The molecule has 1 heterocycles. The lowest BCUT2D eigenvalue weighted by atomic mass is 10.0. The van der Waals surface area contributed by atoms with Gasteiger partial charge in [-0.1, -0.05) is 0 Å². The second-order valence-corrected chi connectivity index (χ2v) is 6.16. The van der Waals surface area contributed by atoms with Crippen molar-refractivity contribution in [2.45, 2.75) is 31.8 Å². The molecule has 1 N–H and O–H groups in total. The Bertz CT molecular complexity index is 550. The standard InChI is InChI=1S/C18H28N2O4/c1-13(12-22-2)19-18(21)11-20-9-5-6-16(20)15-10-14(23-3)7-8-17(15)24-4/h7-8,10,13,16H,5-6,9,11-12H2,1-4H3,(H,19,21). The van der Waals surface area contributed by atoms with Gasteiger partial charge in [0.05, 0.1) is 27.4 Å². The van der Waals surface area contributed by atoms with Gasteiger partial charge in [-0.2, -0.15) is 0 Å². The van der Waals surface area contributed by atoms with Crippen molar-refractivity contribution in [3.05, 3.63) is 23.8 Å². The van der Waals surface area contributed by atoms with E-state index in [1.807, 2.05) is 25.1 Å². The number of carbonyl (C=O) groups excluding carboxylic acids is 1. The molecule has 1 fully saturated rings. The van der Waals surface area contributed by atoms with Crippen LogP contribution in [-0.2, 0) is 9.53 Å². The van der Waals surface area contributed by atoms with Crippen LogP contribution in [0.5, 0.6) is 11.5 Å². The third kappa shape index (κ3) is 4.61. The van der Waals surface area contributed by atoms with Crippen molar-refractivity contribution in [1.29, 1.82) is 0 Å². The summed E-state index contributed by atoms with van der Waals surface area (Å²) in [6, 6.07) is 5.99. The predicted octanol–water partition coefficient (Wildman–Crippen LogP) is 1.99. The number of benzene rings is 1. The van der Waals surface area contributed by atoms with Gasteiger partial charge in [0.15, 0.2) is 0 Å². The third-order valence-electron chi connectivity index (χ3n) is 4.33. The number of hydrogen-bond acceptors (Lipinski definition) is 5. The number of nitrogens with zero attached hydrogens (tertiary/aromatic N) is 1. The van der Waals surface area contributed by atoms with E-state index in [1.165, 1.54) is 0 Å². The molecule has 6 heteroatoms. The van der Waals surface area contributed by atoms with Gasteiger partial charge in [0.25, 0.3) is 0 Å². The molecule has 2 rings (SSSR count). The lowest BCUT2D eigenvalue weighted by Crippen LogP contribution is -2.42. The quantitative estimate of drug-likeness (QED) is 0.787. The Morgan fingerprint density at radius 2 is 2.12 bits per heavy atom. The summed E-state index contributed by atoms with van der Waals surface area (Å²) in [5, 5.41) is 2.97. The van der Waals surface area contributed by atoms with Crippen molar-refractivity contribution < 1.29 is 19.0 Å². The molecule has 1 amide bonds. The summed E-state index contributed by atoms with van der Waals surface area (Å²) in [6.07, 6.45) is 2.07. The van der Waals surface area contributed by atoms with Gasteiger partial charge >= 0.3 is 0 Å². The lowest BCUT2D eigenvalue weighted by molar-refractivity contribution is -0.123. The zero-order valence-corrected chi connectivity index (χ0v) is 15.0. The van der Waals surface area contributed by atoms with E-state index >= 15 is 0 Å². The molecule has 1 aromatic rings. The first-order chi connectivity index (χ1) is 11.6. The first kappa shape index (κ1) is 18.5. The van der Waals surface area contributed by atoms with Crippen molar-refractivity contribution in [3.63, 3.8) is 0 Å². The minimum absolute atomic E-state index is 0.00917. The number of carbonyl (C=O) groups is 1. The van der Waals surface area contributed by atoms with Gasteiger partial charge in [-0.05, 0) is 44.5 Å². The zero-order chi connectivity index (χ0) is 17.5. The fraction of sp³-hybridized carbons (Fsp3) is 0.611. The van der Waals surface area contributed by atoms with Crippen molar-refractivity contribution >= 4 is 5.91 Å². The molecule has 1 aliphatic rings. The molecule has 0 aromatic heterocycles. The molecule has 2 atom stereocenters. The molecule has 0 saturated carbocycles. The highest BCUT2D eigenvalue weighted by atomic mass is 16.5. The number of methoxy groups -OCH3 is 3. The molecule has 0 bridgehead atoms. The van der Waals surface area contributed by atoms with E-state index in [-0.39, 0.29) is 18.0 Å². The minimum Gasteiger partial charge on any atom is -0.497 e. The molecule has 0 aliphatic carbocycles. The molecule has 134 valence electrons. The topological polar surface area (TPSA) is 60.0 Å². The lowest BCUT2D eigenvalue weighted by Gasteiger charge is -2.26. The van der Waals surface area contributed by atoms with Crippen molar-refractivity contribution in [2.75, 3.05) is 41.0 Å². The van der Waals surface area contributed by atoms with E-state index < -0.39 is 0 Å². The summed E-state index contributed by atoms with van der Waals surface area (Å²) < 4.78 is 15.9. The Labute approximate surface area is 144 Å². The van der Waals surface area contributed by atoms with Gasteiger partial charge in [0.2, 0.25) is 5.91 Å². The highest BCUT2D eigenvalue weighted by Crippen LogP contribution is 2.38. The molecule has 2 unspecified atom stereocenters. The highest BCUT2D eigenvalue weighted by Gasteiger charge is 2.30. The second-order valence-electron chi connectivity index (χ2n) is 6.16. The van der Waals surface area contributed by atoms with Crippen LogP contribution in [-0.4, -0.2) is 57.9 Å². The number of rotatable bonds is 8. The van der Waals surface area contributed by atoms with Crippen molar-refractivity contribution in [1.82, 2.24) is 10.2 Å². The van der Waals surface area contributed by atoms with Crippen LogP contribution in [0, 0.1) is 0 Å². The monoisotopic (exact) mass is 336 g/mol. The van der Waals surface area contributed by atoms with Gasteiger partial charge in [0, 0.05) is 24.8 Å². The maximum atomic E-state index is 12.3. The van der Waals surface area contributed by atoms with Crippen molar-refractivity contribution in [2.24, 2.45) is 0 Å². The number of nitrogens with one attached hydrogen (secondary N) is 1. The Morgan fingerprint density at radius 3 is 2.79 bits per heavy atom. The predicted molar refractivity (Wildman–Crippen MR) is 92.6 cm³/mol. The van der Waals surface area contributed by atoms with Crippen LogP contribution in [0.25, 0.3) is 0 Å². The molecule has 6 nitrogen and oxygen atoms in total. The van der Waals surface area contributed by atoms with E-state index in [0.717, 1.165) is 36.4 Å². The molecular formula is C18H28N2O4. The number of ether oxygens (including phenoxy) is 3. The average Bonchev–Trinajstić information content (AvgIpc) is 3.02. The van der Waals surface area contributed by atoms with E-state index in [0.29, 0.717) is 13.2 Å². The Hall–Kier alpha value is -1.79. The summed E-state index contributed by atoms with van der Waals surface area (Å²) in [5.41, 5.74) is 1.08. The van der Waals surface area contributed by atoms with Gasteiger partial charge in [-0.15, -0.1) is 0 Å². The average molecular weight is 336 g/mol. The molecule has 1 saturated heterocycles. The smallest absolute Gasteiger partial charge is 0.234 e. The van der Waals surface area contributed by atoms with Gasteiger partial charge in [-0.25, -0.2) is 0 Å². The summed E-state index contributed by atoms with van der Waals surface area (Å²) in [5.74, 6) is 1.66. The number of likely N-dealkylation sites (tertiary alicyclic amines) is 1. The fourth-order valence-corrected chi connectivity index (χ4v) is 3.26. The summed E-state index contributed by atoms with van der Waals surface area (Å²) in [7, 11) is 4.96. The Morgan fingerprint density at radius 1 is 1.33 bits per heavy atom. The Balaban J connectivity index is 2.09. The third-order valence-corrected chi connectivity index (χ3v) is 4.33. The van der Waals surface area contributed by atoms with Gasteiger partial charge in [-0.3, -0.25) is 9.69 Å². The van der Waals surface area contributed by atoms with Crippen molar-refractivity contribution in [3.8, 4) is 11.5 Å². The van der Waals surface area contributed by atoms with E-state index in [9.17, 15) is 4.79 Å². The molecule has 1 aromatic carbocycles. The normalized spacial score (nSPS) is 19.1. The van der Waals surface area contributed by atoms with Crippen LogP contribution in [0.2, 0.25) is 0 Å².